The number of hydrogen-bond acceptors (Lipinski definition) is 10. The van der Waals surface area contributed by atoms with Crippen LogP contribution in [-0.2, 0) is 19.2 Å². The summed E-state index contributed by atoms with van der Waals surface area (Å²) in [6.07, 6.45) is 8.79. The maximum absolute atomic E-state index is 14.0. The summed E-state index contributed by atoms with van der Waals surface area (Å²) in [6.45, 7) is 16.9. The Morgan fingerprint density at radius 3 is 2.53 bits per heavy atom. The molecule has 4 saturated heterocycles. The zero-order chi connectivity index (χ0) is 36.9. The Hall–Kier alpha value is -4.04. The van der Waals surface area contributed by atoms with Gasteiger partial charge in [0.05, 0.1) is 37.8 Å². The highest BCUT2D eigenvalue weighted by atomic mass is 32.3. The number of nitrogens with one attached hydrogen (secondary N) is 2. The normalized spacial score (nSPS) is 29.5. The zero-order valence-corrected chi connectivity index (χ0v) is 32.7. The Morgan fingerprint density at radius 1 is 1.04 bits per heavy atom. The van der Waals surface area contributed by atoms with Crippen molar-refractivity contribution in [3.63, 3.8) is 0 Å². The summed E-state index contributed by atoms with van der Waals surface area (Å²) in [6, 6.07) is 6.03. The molecule has 2 N–H and O–H groups in total. The average Bonchev–Trinajstić information content (AvgIpc) is 3.77. The van der Waals surface area contributed by atoms with Gasteiger partial charge in [0.2, 0.25) is 5.12 Å². The molecular weight excluding hydrogens is 743 g/mol. The lowest BCUT2D eigenvalue weighted by molar-refractivity contribution is -0.112. The van der Waals surface area contributed by atoms with Crippen LogP contribution in [0.15, 0.2) is 60.6 Å². The molecule has 2 aromatic rings. The SMILES string of the molecule is C=C(SC=O)C1=C(CC)c2nc1cc1[nH]c(cc(C(=C)C(C)/C=C\C3SC3=O)nc(C)cc3[nH]c(n2)c2c3C3C(=O)SC2C3C)=C2C3C=CC4C(=O)S=1243. The molecule has 9 nitrogen and oxygen atoms in total. The molecule has 9 heterocycles. The van der Waals surface area contributed by atoms with Gasteiger partial charge in [-0.1, -0.05) is 93.5 Å². The van der Waals surface area contributed by atoms with Crippen LogP contribution < -0.4 is 5.35 Å². The molecule has 7 unspecified atom stereocenters. The van der Waals surface area contributed by atoms with Gasteiger partial charge in [0, 0.05) is 54.1 Å². The monoisotopic (exact) mass is 777 g/mol. The second-order valence-electron chi connectivity index (χ2n) is 14.8. The minimum absolute atomic E-state index is 0.0345. The van der Waals surface area contributed by atoms with Gasteiger partial charge < -0.3 is 9.97 Å². The van der Waals surface area contributed by atoms with Gasteiger partial charge in [-0.15, -0.1) is 8.75 Å². The van der Waals surface area contributed by atoms with E-state index >= 15 is 0 Å². The topological polar surface area (TPSA) is 139 Å². The Morgan fingerprint density at radius 2 is 1.81 bits per heavy atom. The van der Waals surface area contributed by atoms with E-state index in [0.29, 0.717) is 39.9 Å². The fraction of sp³-hybridized carbons (Fsp3) is 0.300. The number of H-pyrrole nitrogens is 2. The van der Waals surface area contributed by atoms with Crippen molar-refractivity contribution in [2.75, 3.05) is 0 Å². The molecule has 268 valence electrons. The van der Waals surface area contributed by atoms with Crippen molar-refractivity contribution < 1.29 is 19.2 Å². The number of rotatable bonds is 8. The van der Waals surface area contributed by atoms with Crippen molar-refractivity contribution >= 4 is 97.8 Å². The summed E-state index contributed by atoms with van der Waals surface area (Å²) in [5.74, 6) is 0.276. The summed E-state index contributed by atoms with van der Waals surface area (Å²) in [5, 5.41) is 1.21. The Balaban J connectivity index is 1.32. The molecule has 0 amide bonds. The highest BCUT2D eigenvalue weighted by Crippen LogP contribution is 3.05. The summed E-state index contributed by atoms with van der Waals surface area (Å²) in [4.78, 5) is 75.4. The van der Waals surface area contributed by atoms with E-state index < -0.39 is 8.75 Å². The van der Waals surface area contributed by atoms with E-state index in [9.17, 15) is 19.2 Å². The zero-order valence-electron chi connectivity index (χ0n) is 29.4. The van der Waals surface area contributed by atoms with Crippen LogP contribution in [0.2, 0.25) is 0 Å². The van der Waals surface area contributed by atoms with Crippen LogP contribution >= 0.6 is 44.0 Å². The minimum atomic E-state index is -2.79. The smallest absolute Gasteiger partial charge is 0.207 e. The molecule has 7 aliphatic heterocycles. The highest BCUT2D eigenvalue weighted by molar-refractivity contribution is 8.75. The number of carbonyl (C=O) groups is 4. The number of fused-ring (bicyclic) bond motifs is 14. The predicted octanol–water partition coefficient (Wildman–Crippen LogP) is 7.34. The molecule has 1 spiro atoms. The van der Waals surface area contributed by atoms with Crippen LogP contribution in [0.1, 0.15) is 72.4 Å². The van der Waals surface area contributed by atoms with Crippen LogP contribution in [0.3, 0.4) is 0 Å². The van der Waals surface area contributed by atoms with Crippen LogP contribution in [0.4, 0.5) is 0 Å². The maximum atomic E-state index is 14.0. The van der Waals surface area contributed by atoms with Crippen LogP contribution in [0.25, 0.3) is 32.8 Å². The van der Waals surface area contributed by atoms with Gasteiger partial charge >= 0.3 is 0 Å². The number of thioether (sulfide) groups is 3. The van der Waals surface area contributed by atoms with Crippen molar-refractivity contribution in [1.29, 1.82) is 0 Å². The number of aromatic amines is 2. The Kier molecular flexibility index (Phi) is 6.97. The van der Waals surface area contributed by atoms with Gasteiger partial charge in [0.1, 0.15) is 5.65 Å². The van der Waals surface area contributed by atoms with Crippen LogP contribution in [-0.4, -0.2) is 61.6 Å². The van der Waals surface area contributed by atoms with Gasteiger partial charge in [0.15, 0.2) is 21.7 Å². The molecule has 1 aliphatic carbocycles. The third kappa shape index (κ3) is 4.11. The van der Waals surface area contributed by atoms with E-state index in [2.05, 4.69) is 42.2 Å². The Labute approximate surface area is 317 Å². The first kappa shape index (κ1) is 33.5. The summed E-state index contributed by atoms with van der Waals surface area (Å²) < 4.78 is 0.871. The van der Waals surface area contributed by atoms with Crippen molar-refractivity contribution in [3.05, 3.63) is 105 Å². The first-order valence-corrected chi connectivity index (χ1v) is 22.5. The van der Waals surface area contributed by atoms with E-state index in [1.165, 1.54) is 23.5 Å². The van der Waals surface area contributed by atoms with E-state index in [0.717, 1.165) is 65.6 Å². The molecular formula is C40H35N5O4S4. The van der Waals surface area contributed by atoms with Crippen LogP contribution in [0, 0.1) is 23.4 Å². The fourth-order valence-electron chi connectivity index (χ4n) is 9.46. The molecule has 7 atom stereocenters. The maximum Gasteiger partial charge on any atom is 0.207 e. The molecule has 0 saturated carbocycles. The summed E-state index contributed by atoms with van der Waals surface area (Å²) >= 11 is 3.71. The van der Waals surface area contributed by atoms with E-state index in [4.69, 9.17) is 15.0 Å². The molecule has 2 aromatic heterocycles. The lowest BCUT2D eigenvalue weighted by Crippen LogP contribution is -2.08. The van der Waals surface area contributed by atoms with Gasteiger partial charge in [0.25, 0.3) is 0 Å². The lowest BCUT2D eigenvalue weighted by Gasteiger charge is -2.10. The third-order valence-electron chi connectivity index (χ3n) is 12.1. The largest absolute Gasteiger partial charge is 0.351 e. The van der Waals surface area contributed by atoms with Gasteiger partial charge in [-0.3, -0.25) is 24.2 Å². The lowest BCUT2D eigenvalue weighted by atomic mass is 9.95. The molecule has 8 aliphatic rings. The number of aryl methyl sites for hydroxylation is 1. The summed E-state index contributed by atoms with van der Waals surface area (Å²) in [7, 11) is -2.79. The Bertz CT molecular complexity index is 2750. The first-order chi connectivity index (χ1) is 25.4. The fourth-order valence-corrected chi connectivity index (χ4v) is 18.6. The summed E-state index contributed by atoms with van der Waals surface area (Å²) in [5.41, 5.74) is 8.63. The highest BCUT2D eigenvalue weighted by Gasteiger charge is 2.87. The van der Waals surface area contributed by atoms with Crippen molar-refractivity contribution in [2.45, 2.75) is 61.0 Å². The molecule has 0 radical (unpaired) electrons. The molecule has 10 rings (SSSR count). The molecule has 8 bridgehead atoms. The molecule has 0 aromatic carbocycles. The van der Waals surface area contributed by atoms with Crippen molar-refractivity contribution in [2.24, 2.45) is 11.8 Å². The number of carbonyl (C=O) groups excluding carboxylic acids is 4. The van der Waals surface area contributed by atoms with E-state index in [-0.39, 0.29) is 54.1 Å². The molecule has 4 fully saturated rings. The van der Waals surface area contributed by atoms with Gasteiger partial charge in [-0.2, -0.15) is 0 Å². The molecule has 13 heteroatoms. The quantitative estimate of drug-likeness (QED) is 0.121. The predicted molar refractivity (Wildman–Crippen MR) is 218 cm³/mol. The average molecular weight is 778 g/mol. The van der Waals surface area contributed by atoms with Crippen molar-refractivity contribution in [3.8, 4) is 0 Å². The third-order valence-corrected chi connectivity index (χ3v) is 21.1. The number of hydrogen-bond donors (Lipinski definition) is 2. The standard InChI is InChI=1S/C40H35N5O4S4/c1-7-21-31(20(6)50-15-46)24-14-29-42-25(35-27-10-11-28-40(49)53(27,28,29)35)13-22(18(4)16(2)8-9-26-38(47)51-26)41-17(3)12-23-32-30-19(5)34(52-39(30)48)33(32)37(44-23)45-36(21)43-24/h8-16,19,26-28,30,34,42H,4,6-7H2,1-3,5H3,(H,43,44,45)/b9-8-. The minimum Gasteiger partial charge on any atom is -0.351 e. The van der Waals surface area contributed by atoms with Gasteiger partial charge in [-0.05, 0) is 48.6 Å². The molecule has 53 heavy (non-hydrogen) atoms. The first-order valence-electron chi connectivity index (χ1n) is 17.7. The van der Waals surface area contributed by atoms with E-state index in [1.807, 2.05) is 51.1 Å². The van der Waals surface area contributed by atoms with Crippen molar-refractivity contribution in [1.82, 2.24) is 24.9 Å². The van der Waals surface area contributed by atoms with E-state index in [1.54, 1.807) is 0 Å². The number of aromatic nitrogens is 5. The number of nitrogens with zero attached hydrogens (tertiary/aromatic N) is 3. The second-order valence-corrected chi connectivity index (χ2v) is 22.6. The number of allylic oxidation sites excluding steroid dienone is 4. The second kappa shape index (κ2) is 11.0. The van der Waals surface area contributed by atoms with Crippen LogP contribution in [0.5, 0.6) is 0 Å². The van der Waals surface area contributed by atoms with Gasteiger partial charge in [-0.25, -0.2) is 9.97 Å².